The van der Waals surface area contributed by atoms with Crippen molar-refractivity contribution >= 4 is 15.7 Å². The summed E-state index contributed by atoms with van der Waals surface area (Å²) in [4.78, 5) is 19.8. The SMILES string of the molecule is CCN(c1ccccc1)S(=O)(=O)c1ccc(-n2[nH]c3c(c2=O)CN(Cc2ccccc2)CC3)nc1. The number of para-hydroxylation sites is 1. The predicted molar refractivity (Wildman–Crippen MR) is 135 cm³/mol. The van der Waals surface area contributed by atoms with E-state index in [1.165, 1.54) is 26.8 Å². The van der Waals surface area contributed by atoms with Gasteiger partial charge in [-0.1, -0.05) is 48.5 Å². The van der Waals surface area contributed by atoms with Crippen LogP contribution >= 0.6 is 0 Å². The first-order valence-corrected chi connectivity index (χ1v) is 13.0. The van der Waals surface area contributed by atoms with Crippen LogP contribution in [0.2, 0.25) is 0 Å². The van der Waals surface area contributed by atoms with Gasteiger partial charge in [0.1, 0.15) is 4.90 Å². The predicted octanol–water partition coefficient (Wildman–Crippen LogP) is 3.33. The van der Waals surface area contributed by atoms with Gasteiger partial charge in [-0.2, -0.15) is 0 Å². The van der Waals surface area contributed by atoms with E-state index in [0.29, 0.717) is 18.1 Å². The molecular formula is C26H27N5O3S. The van der Waals surface area contributed by atoms with Gasteiger partial charge in [-0.3, -0.25) is 19.1 Å². The van der Waals surface area contributed by atoms with E-state index in [1.54, 1.807) is 37.3 Å². The number of nitrogens with one attached hydrogen (secondary N) is 1. The molecule has 0 saturated heterocycles. The second-order valence-electron chi connectivity index (χ2n) is 8.51. The molecule has 4 aromatic rings. The number of pyridine rings is 1. The van der Waals surface area contributed by atoms with Gasteiger partial charge in [0.2, 0.25) is 0 Å². The van der Waals surface area contributed by atoms with Gasteiger partial charge in [0.25, 0.3) is 15.6 Å². The molecule has 35 heavy (non-hydrogen) atoms. The lowest BCUT2D eigenvalue weighted by Gasteiger charge is -2.25. The third-order valence-corrected chi connectivity index (χ3v) is 8.14. The number of sulfonamides is 1. The van der Waals surface area contributed by atoms with Crippen molar-refractivity contribution in [3.63, 3.8) is 0 Å². The fourth-order valence-corrected chi connectivity index (χ4v) is 5.89. The van der Waals surface area contributed by atoms with Crippen molar-refractivity contribution in [3.8, 4) is 5.82 Å². The normalized spacial score (nSPS) is 14.0. The molecule has 8 nitrogen and oxygen atoms in total. The molecule has 0 bridgehead atoms. The molecule has 2 aromatic heterocycles. The molecule has 0 amide bonds. The molecule has 1 aliphatic rings. The highest BCUT2D eigenvalue weighted by Crippen LogP contribution is 2.23. The van der Waals surface area contributed by atoms with Gasteiger partial charge in [0.05, 0.1) is 11.3 Å². The Labute approximate surface area is 204 Å². The number of H-pyrrole nitrogens is 1. The number of rotatable bonds is 7. The first kappa shape index (κ1) is 23.1. The second-order valence-corrected chi connectivity index (χ2v) is 10.4. The standard InChI is InChI=1S/C26H27N5O3S/c1-2-30(21-11-7-4-8-12-21)35(33,34)22-13-14-25(27-17-22)31-26(32)23-19-29(16-15-24(23)28-31)18-20-9-5-3-6-10-20/h3-14,17,28H,2,15-16,18-19H2,1H3. The Morgan fingerprint density at radius 1 is 1.00 bits per heavy atom. The van der Waals surface area contributed by atoms with Crippen LogP contribution in [-0.4, -0.2) is 41.2 Å². The number of fused-ring (bicyclic) bond motifs is 1. The van der Waals surface area contributed by atoms with Crippen molar-refractivity contribution in [2.24, 2.45) is 0 Å². The van der Waals surface area contributed by atoms with Gasteiger partial charge in [-0.05, 0) is 36.8 Å². The number of aromatic nitrogens is 3. The van der Waals surface area contributed by atoms with E-state index in [1.807, 2.05) is 24.3 Å². The average Bonchev–Trinajstić information content (AvgIpc) is 3.21. The quantitative estimate of drug-likeness (QED) is 0.430. The highest BCUT2D eigenvalue weighted by molar-refractivity contribution is 7.92. The zero-order valence-electron chi connectivity index (χ0n) is 19.5. The third-order valence-electron chi connectivity index (χ3n) is 6.25. The van der Waals surface area contributed by atoms with Crippen LogP contribution in [0.5, 0.6) is 0 Å². The lowest BCUT2D eigenvalue weighted by Crippen LogP contribution is -2.32. The largest absolute Gasteiger partial charge is 0.294 e. The molecule has 0 atom stereocenters. The van der Waals surface area contributed by atoms with Crippen LogP contribution in [0.3, 0.4) is 0 Å². The van der Waals surface area contributed by atoms with Crippen molar-refractivity contribution in [1.82, 2.24) is 19.7 Å². The number of nitrogens with zero attached hydrogens (tertiary/aromatic N) is 4. The molecule has 3 heterocycles. The minimum atomic E-state index is -3.79. The molecule has 0 aliphatic carbocycles. The molecule has 9 heteroatoms. The summed E-state index contributed by atoms with van der Waals surface area (Å²) in [6.45, 7) is 4.26. The van der Waals surface area contributed by atoms with Gasteiger partial charge in [-0.15, -0.1) is 0 Å². The van der Waals surface area contributed by atoms with Crippen molar-refractivity contribution in [3.05, 3.63) is 106 Å². The highest BCUT2D eigenvalue weighted by Gasteiger charge is 2.26. The maximum atomic E-state index is 13.2. The van der Waals surface area contributed by atoms with Gasteiger partial charge in [0, 0.05) is 44.5 Å². The summed E-state index contributed by atoms with van der Waals surface area (Å²) in [5.74, 6) is 0.362. The molecule has 0 radical (unpaired) electrons. The lowest BCUT2D eigenvalue weighted by atomic mass is 10.1. The van der Waals surface area contributed by atoms with E-state index in [2.05, 4.69) is 27.1 Å². The van der Waals surface area contributed by atoms with Gasteiger partial charge in [0.15, 0.2) is 5.82 Å². The Kier molecular flexibility index (Phi) is 6.27. The Bertz CT molecular complexity index is 1460. The molecule has 1 N–H and O–H groups in total. The smallest absolute Gasteiger partial charge is 0.277 e. The molecule has 0 saturated carbocycles. The maximum Gasteiger partial charge on any atom is 0.277 e. The number of hydrogen-bond donors (Lipinski definition) is 1. The first-order valence-electron chi connectivity index (χ1n) is 11.6. The molecule has 180 valence electrons. The summed E-state index contributed by atoms with van der Waals surface area (Å²) in [7, 11) is -3.79. The molecule has 5 rings (SSSR count). The van der Waals surface area contributed by atoms with Crippen LogP contribution in [0.25, 0.3) is 5.82 Å². The van der Waals surface area contributed by atoms with Crippen LogP contribution in [-0.2, 0) is 29.5 Å². The van der Waals surface area contributed by atoms with E-state index < -0.39 is 10.0 Å². The lowest BCUT2D eigenvalue weighted by molar-refractivity contribution is 0.244. The molecule has 0 spiro atoms. The van der Waals surface area contributed by atoms with Crippen molar-refractivity contribution < 1.29 is 8.42 Å². The molecule has 1 aliphatic heterocycles. The van der Waals surface area contributed by atoms with E-state index in [4.69, 9.17) is 0 Å². The van der Waals surface area contributed by atoms with E-state index in [0.717, 1.165) is 30.8 Å². The van der Waals surface area contributed by atoms with E-state index >= 15 is 0 Å². The zero-order chi connectivity index (χ0) is 24.4. The van der Waals surface area contributed by atoms with Crippen molar-refractivity contribution in [1.29, 1.82) is 0 Å². The molecule has 0 fully saturated rings. The van der Waals surface area contributed by atoms with E-state index in [-0.39, 0.29) is 17.0 Å². The third kappa shape index (κ3) is 4.52. The summed E-state index contributed by atoms with van der Waals surface area (Å²) in [5.41, 5.74) is 3.28. The molecule has 2 aromatic carbocycles. The summed E-state index contributed by atoms with van der Waals surface area (Å²) < 4.78 is 29.2. The van der Waals surface area contributed by atoms with E-state index in [9.17, 15) is 13.2 Å². The Balaban J connectivity index is 1.38. The number of anilines is 1. The van der Waals surface area contributed by atoms with Crippen molar-refractivity contribution in [2.45, 2.75) is 31.3 Å². The average molecular weight is 490 g/mol. The van der Waals surface area contributed by atoms with Crippen LogP contribution < -0.4 is 9.86 Å². The second kappa shape index (κ2) is 9.52. The molecular weight excluding hydrogens is 462 g/mol. The maximum absolute atomic E-state index is 13.2. The van der Waals surface area contributed by atoms with Gasteiger partial charge >= 0.3 is 0 Å². The summed E-state index contributed by atoms with van der Waals surface area (Å²) in [6.07, 6.45) is 2.05. The van der Waals surface area contributed by atoms with Crippen LogP contribution in [0.15, 0.2) is 88.7 Å². The number of aromatic amines is 1. The number of benzene rings is 2. The fourth-order valence-electron chi connectivity index (χ4n) is 4.47. The monoisotopic (exact) mass is 489 g/mol. The number of hydrogen-bond acceptors (Lipinski definition) is 5. The van der Waals surface area contributed by atoms with Crippen molar-refractivity contribution in [2.75, 3.05) is 17.4 Å². The Morgan fingerprint density at radius 2 is 1.71 bits per heavy atom. The molecule has 0 unspecified atom stereocenters. The van der Waals surface area contributed by atoms with Crippen LogP contribution in [0.4, 0.5) is 5.69 Å². The highest BCUT2D eigenvalue weighted by atomic mass is 32.2. The minimum absolute atomic E-state index is 0.0744. The Hall–Kier alpha value is -3.69. The van der Waals surface area contributed by atoms with Gasteiger partial charge < -0.3 is 0 Å². The zero-order valence-corrected chi connectivity index (χ0v) is 20.3. The minimum Gasteiger partial charge on any atom is -0.294 e. The fraction of sp³-hybridized carbons (Fsp3) is 0.231. The first-order chi connectivity index (χ1) is 17.0. The summed E-state index contributed by atoms with van der Waals surface area (Å²) >= 11 is 0. The van der Waals surface area contributed by atoms with Gasteiger partial charge in [-0.25, -0.2) is 18.1 Å². The topological polar surface area (TPSA) is 91.3 Å². The Morgan fingerprint density at radius 3 is 2.37 bits per heavy atom. The van der Waals surface area contributed by atoms with Crippen LogP contribution in [0.1, 0.15) is 23.7 Å². The summed E-state index contributed by atoms with van der Waals surface area (Å²) in [6, 6.07) is 22.2. The summed E-state index contributed by atoms with van der Waals surface area (Å²) in [5, 5.41) is 3.18. The van der Waals surface area contributed by atoms with Crippen LogP contribution in [0, 0.1) is 0 Å².